The van der Waals surface area contributed by atoms with Crippen LogP contribution in [0.4, 0.5) is 10.2 Å². The van der Waals surface area contributed by atoms with Crippen molar-refractivity contribution >= 4 is 16.6 Å². The third kappa shape index (κ3) is 2.59. The number of piperazine rings is 1. The molecule has 0 spiro atoms. The maximum Gasteiger partial charge on any atom is 0.136 e. The van der Waals surface area contributed by atoms with Crippen LogP contribution in [0.3, 0.4) is 0 Å². The molecule has 0 radical (unpaired) electrons. The van der Waals surface area contributed by atoms with E-state index >= 15 is 0 Å². The monoisotopic (exact) mass is 274 g/mol. The van der Waals surface area contributed by atoms with E-state index in [-0.39, 0.29) is 5.82 Å². The van der Waals surface area contributed by atoms with E-state index < -0.39 is 0 Å². The lowest BCUT2D eigenvalue weighted by Gasteiger charge is -2.35. The molecular formula is C15H19FN4. The minimum atomic E-state index is -0.214. The molecule has 1 aliphatic heterocycles. The van der Waals surface area contributed by atoms with Gasteiger partial charge < -0.3 is 10.6 Å². The van der Waals surface area contributed by atoms with Gasteiger partial charge in [-0.05, 0) is 23.6 Å². The second-order valence-corrected chi connectivity index (χ2v) is 5.12. The van der Waals surface area contributed by atoms with Crippen molar-refractivity contribution in [2.24, 2.45) is 5.73 Å². The molecule has 4 nitrogen and oxygen atoms in total. The Bertz CT molecular complexity index is 593. The second-order valence-electron chi connectivity index (χ2n) is 5.12. The fraction of sp³-hybridized carbons (Fsp3) is 0.400. The lowest BCUT2D eigenvalue weighted by atomic mass is 10.1. The van der Waals surface area contributed by atoms with Crippen molar-refractivity contribution in [1.82, 2.24) is 9.88 Å². The molecule has 2 heterocycles. The zero-order valence-corrected chi connectivity index (χ0v) is 11.4. The Morgan fingerprint density at radius 2 is 1.95 bits per heavy atom. The van der Waals surface area contributed by atoms with Crippen molar-refractivity contribution in [2.45, 2.75) is 0 Å². The summed E-state index contributed by atoms with van der Waals surface area (Å²) in [6.07, 6.45) is 1.79. The molecule has 0 amide bonds. The molecule has 2 aromatic rings. The molecular weight excluding hydrogens is 255 g/mol. The van der Waals surface area contributed by atoms with Crippen molar-refractivity contribution in [3.63, 3.8) is 0 Å². The third-order valence-electron chi connectivity index (χ3n) is 3.82. The molecule has 1 aromatic carbocycles. The Morgan fingerprint density at radius 1 is 1.15 bits per heavy atom. The summed E-state index contributed by atoms with van der Waals surface area (Å²) in [4.78, 5) is 9.04. The number of nitrogens with zero attached hydrogens (tertiary/aromatic N) is 3. The van der Waals surface area contributed by atoms with Crippen LogP contribution in [0.5, 0.6) is 0 Å². The maximum atomic E-state index is 13.5. The van der Waals surface area contributed by atoms with Crippen LogP contribution in [0.25, 0.3) is 10.8 Å². The van der Waals surface area contributed by atoms with Gasteiger partial charge in [-0.25, -0.2) is 9.37 Å². The van der Waals surface area contributed by atoms with Crippen molar-refractivity contribution in [1.29, 1.82) is 0 Å². The molecule has 1 fully saturated rings. The number of nitrogens with two attached hydrogens (primary N) is 1. The summed E-state index contributed by atoms with van der Waals surface area (Å²) in [5, 5.41) is 1.92. The van der Waals surface area contributed by atoms with Crippen LogP contribution in [0.2, 0.25) is 0 Å². The Labute approximate surface area is 118 Å². The summed E-state index contributed by atoms with van der Waals surface area (Å²) < 4.78 is 13.5. The molecule has 106 valence electrons. The molecule has 0 bridgehead atoms. The normalized spacial score (nSPS) is 16.8. The van der Waals surface area contributed by atoms with Gasteiger partial charge in [0.25, 0.3) is 0 Å². The lowest BCUT2D eigenvalue weighted by Crippen LogP contribution is -2.48. The van der Waals surface area contributed by atoms with Crippen LogP contribution in [0.15, 0.2) is 30.5 Å². The highest BCUT2D eigenvalue weighted by Gasteiger charge is 2.19. The predicted octanol–water partition coefficient (Wildman–Crippen LogP) is 1.45. The van der Waals surface area contributed by atoms with E-state index in [4.69, 9.17) is 5.73 Å². The average Bonchev–Trinajstić information content (AvgIpc) is 2.48. The topological polar surface area (TPSA) is 45.4 Å². The highest BCUT2D eigenvalue weighted by Crippen LogP contribution is 2.25. The smallest absolute Gasteiger partial charge is 0.136 e. The third-order valence-corrected chi connectivity index (χ3v) is 3.82. The fourth-order valence-corrected chi connectivity index (χ4v) is 2.74. The summed E-state index contributed by atoms with van der Waals surface area (Å²) in [5.74, 6) is 0.669. The predicted molar refractivity (Wildman–Crippen MR) is 79.4 cm³/mol. The van der Waals surface area contributed by atoms with E-state index in [2.05, 4.69) is 14.8 Å². The van der Waals surface area contributed by atoms with Crippen molar-refractivity contribution in [3.05, 3.63) is 36.3 Å². The number of benzene rings is 1. The summed E-state index contributed by atoms with van der Waals surface area (Å²) in [6.45, 7) is 5.39. The zero-order valence-electron chi connectivity index (χ0n) is 11.4. The van der Waals surface area contributed by atoms with Gasteiger partial charge in [-0.2, -0.15) is 0 Å². The van der Waals surface area contributed by atoms with Crippen LogP contribution in [0.1, 0.15) is 0 Å². The molecule has 0 saturated carbocycles. The van der Waals surface area contributed by atoms with E-state index in [0.29, 0.717) is 6.54 Å². The minimum Gasteiger partial charge on any atom is -0.354 e. The first-order chi connectivity index (χ1) is 9.78. The number of hydrogen-bond acceptors (Lipinski definition) is 4. The Morgan fingerprint density at radius 3 is 2.70 bits per heavy atom. The highest BCUT2D eigenvalue weighted by molar-refractivity contribution is 5.92. The van der Waals surface area contributed by atoms with Gasteiger partial charge >= 0.3 is 0 Å². The summed E-state index contributed by atoms with van der Waals surface area (Å²) in [5.41, 5.74) is 5.59. The second kappa shape index (κ2) is 5.73. The Kier molecular flexibility index (Phi) is 3.80. The summed E-state index contributed by atoms with van der Waals surface area (Å²) in [7, 11) is 0. The number of hydrogen-bond donors (Lipinski definition) is 1. The highest BCUT2D eigenvalue weighted by atomic mass is 19.1. The van der Waals surface area contributed by atoms with E-state index in [1.807, 2.05) is 6.07 Å². The minimum absolute atomic E-state index is 0.214. The van der Waals surface area contributed by atoms with Crippen LogP contribution >= 0.6 is 0 Å². The largest absolute Gasteiger partial charge is 0.354 e. The van der Waals surface area contributed by atoms with Crippen LogP contribution < -0.4 is 10.6 Å². The van der Waals surface area contributed by atoms with Gasteiger partial charge in [0.2, 0.25) is 0 Å². The molecule has 3 rings (SSSR count). The van der Waals surface area contributed by atoms with Gasteiger partial charge in [-0.15, -0.1) is 0 Å². The molecule has 1 aromatic heterocycles. The first kappa shape index (κ1) is 13.3. The number of aromatic nitrogens is 1. The molecule has 20 heavy (non-hydrogen) atoms. The molecule has 0 atom stereocenters. The van der Waals surface area contributed by atoms with E-state index in [1.165, 1.54) is 6.07 Å². The average molecular weight is 274 g/mol. The van der Waals surface area contributed by atoms with Gasteiger partial charge in [-0.3, -0.25) is 4.90 Å². The number of rotatable bonds is 3. The van der Waals surface area contributed by atoms with Gasteiger partial charge in [0, 0.05) is 50.9 Å². The van der Waals surface area contributed by atoms with Gasteiger partial charge in [0.1, 0.15) is 11.6 Å². The first-order valence-corrected chi connectivity index (χ1v) is 6.99. The van der Waals surface area contributed by atoms with Crippen molar-refractivity contribution in [2.75, 3.05) is 44.2 Å². The van der Waals surface area contributed by atoms with E-state index in [1.54, 1.807) is 18.3 Å². The Balaban J connectivity index is 1.86. The Hall–Kier alpha value is -1.72. The molecule has 2 N–H and O–H groups in total. The quantitative estimate of drug-likeness (QED) is 0.920. The van der Waals surface area contributed by atoms with Crippen molar-refractivity contribution in [3.8, 4) is 0 Å². The van der Waals surface area contributed by atoms with Crippen molar-refractivity contribution < 1.29 is 4.39 Å². The van der Waals surface area contributed by atoms with E-state index in [0.717, 1.165) is 49.3 Å². The van der Waals surface area contributed by atoms with Crippen LogP contribution in [0, 0.1) is 5.82 Å². The summed E-state index contributed by atoms with van der Waals surface area (Å²) in [6, 6.07) is 6.79. The zero-order chi connectivity index (χ0) is 13.9. The van der Waals surface area contributed by atoms with E-state index in [9.17, 15) is 4.39 Å². The van der Waals surface area contributed by atoms with Crippen LogP contribution in [-0.4, -0.2) is 49.2 Å². The lowest BCUT2D eigenvalue weighted by molar-refractivity contribution is 0.264. The molecule has 1 aliphatic rings. The molecule has 0 aliphatic carbocycles. The van der Waals surface area contributed by atoms with Crippen LogP contribution in [-0.2, 0) is 0 Å². The number of halogens is 1. The maximum absolute atomic E-state index is 13.5. The molecule has 5 heteroatoms. The first-order valence-electron chi connectivity index (χ1n) is 6.99. The van der Waals surface area contributed by atoms with Gasteiger partial charge in [0.05, 0.1) is 0 Å². The molecule has 1 saturated heterocycles. The summed E-state index contributed by atoms with van der Waals surface area (Å²) >= 11 is 0. The van der Waals surface area contributed by atoms with Gasteiger partial charge in [-0.1, -0.05) is 6.07 Å². The number of pyridine rings is 1. The number of anilines is 1. The molecule has 0 unspecified atom stereocenters. The SMILES string of the molecule is NCCN1CCN(c2nccc3ccc(F)cc23)CC1. The van der Waals surface area contributed by atoms with Gasteiger partial charge in [0.15, 0.2) is 0 Å². The fourth-order valence-electron chi connectivity index (χ4n) is 2.74. The standard InChI is InChI=1S/C15H19FN4/c16-13-2-1-12-3-5-18-15(14(12)11-13)20-9-7-19(6-4-17)8-10-20/h1-3,5,11H,4,6-10,17H2. The number of fused-ring (bicyclic) bond motifs is 1.